The number of halogens is 2. The number of hydrogen-bond donors (Lipinski definition) is 1. The summed E-state index contributed by atoms with van der Waals surface area (Å²) < 4.78 is 31.4. The summed E-state index contributed by atoms with van der Waals surface area (Å²) >= 11 is 3.24. The van der Waals surface area contributed by atoms with Crippen molar-refractivity contribution in [1.82, 2.24) is 0 Å². The first-order valence-corrected chi connectivity index (χ1v) is 4.15. The van der Waals surface area contributed by atoms with E-state index in [0.717, 1.165) is 12.1 Å². The van der Waals surface area contributed by atoms with E-state index in [1.165, 1.54) is 6.07 Å². The van der Waals surface area contributed by atoms with Gasteiger partial charge in [-0.25, -0.2) is 8.60 Å². The molecule has 1 rings (SSSR count). The first kappa shape index (κ1) is 12.6. The van der Waals surface area contributed by atoms with Gasteiger partial charge in [0.1, 0.15) is 5.82 Å². The zero-order valence-electron chi connectivity index (χ0n) is 7.25. The van der Waals surface area contributed by atoms with E-state index in [1.54, 1.807) is 0 Å². The third-order valence-corrected chi connectivity index (χ3v) is 2.04. The molecule has 0 saturated heterocycles. The minimum atomic E-state index is -2.10. The summed E-state index contributed by atoms with van der Waals surface area (Å²) in [6.45, 7) is 0. The molecule has 1 N–H and O–H groups in total. The Kier molecular flexibility index (Phi) is 5.56. The number of hydrogen-bond acceptors (Lipinski definition) is 1. The monoisotopic (exact) mass is 218 g/mol. The molecule has 1 atom stereocenters. The van der Waals surface area contributed by atoms with Gasteiger partial charge in [-0.1, -0.05) is 11.6 Å². The van der Waals surface area contributed by atoms with E-state index in [1.807, 2.05) is 0 Å². The minimum absolute atomic E-state index is 0. The summed E-state index contributed by atoms with van der Waals surface area (Å²) in [5.41, 5.74) is 0. The molecule has 0 heterocycles. The van der Waals surface area contributed by atoms with Gasteiger partial charge in [-0.05, 0) is 18.2 Å². The molecule has 62 valence electrons. The van der Waals surface area contributed by atoms with E-state index in [2.05, 4.69) is 0 Å². The van der Waals surface area contributed by atoms with E-state index in [4.69, 9.17) is 16.2 Å². The van der Waals surface area contributed by atoms with Crippen LogP contribution in [0.4, 0.5) is 4.39 Å². The Morgan fingerprint density at radius 3 is 2.58 bits per heavy atom. The Balaban J connectivity index is 0. The number of rotatable bonds is 1. The second-order valence-electron chi connectivity index (χ2n) is 1.83. The van der Waals surface area contributed by atoms with E-state index in [9.17, 15) is 8.60 Å². The molecule has 0 saturated carbocycles. The smallest absolute Gasteiger partial charge is 1.00 e. The van der Waals surface area contributed by atoms with Crippen molar-refractivity contribution in [2.24, 2.45) is 0 Å². The fourth-order valence-corrected chi connectivity index (χ4v) is 1.23. The van der Waals surface area contributed by atoms with E-state index < -0.39 is 16.9 Å². The van der Waals surface area contributed by atoms with Crippen LogP contribution in [-0.2, 0) is 11.1 Å². The fourth-order valence-electron chi connectivity index (χ4n) is 0.585. The van der Waals surface area contributed by atoms with Gasteiger partial charge in [-0.2, -0.15) is 0 Å². The zero-order valence-corrected chi connectivity index (χ0v) is 9.82. The SMILES string of the molecule is O=S(O)c1ccc(F)c(Cl)c1.[H-].[Na+]. The van der Waals surface area contributed by atoms with Gasteiger partial charge >= 0.3 is 29.6 Å². The molecule has 1 aromatic carbocycles. The van der Waals surface area contributed by atoms with E-state index in [-0.39, 0.29) is 40.9 Å². The standard InChI is InChI=1S/C6H4ClFO2S.Na.H/c7-5-3-4(11(9)10)1-2-6(5)8;;/h1-3H,(H,9,10);;/q;+1;-1. The largest absolute Gasteiger partial charge is 1.00 e. The van der Waals surface area contributed by atoms with Crippen LogP contribution >= 0.6 is 11.6 Å². The quantitative estimate of drug-likeness (QED) is 0.494. The van der Waals surface area contributed by atoms with Crippen molar-refractivity contribution in [2.45, 2.75) is 4.90 Å². The average Bonchev–Trinajstić information content (AvgIpc) is 1.94. The Morgan fingerprint density at radius 1 is 1.58 bits per heavy atom. The molecule has 0 bridgehead atoms. The Hall–Kier alpha value is 0.550. The molecule has 1 unspecified atom stereocenters. The first-order valence-electron chi connectivity index (χ1n) is 2.67. The maximum Gasteiger partial charge on any atom is 1.00 e. The third kappa shape index (κ3) is 3.12. The molecule has 12 heavy (non-hydrogen) atoms. The molecule has 0 aliphatic heterocycles. The molecule has 0 radical (unpaired) electrons. The van der Waals surface area contributed by atoms with Crippen molar-refractivity contribution in [3.8, 4) is 0 Å². The molecule has 0 aliphatic rings. The van der Waals surface area contributed by atoms with Crippen molar-refractivity contribution < 1.29 is 44.1 Å². The van der Waals surface area contributed by atoms with Gasteiger partial charge in [0.05, 0.1) is 9.92 Å². The predicted molar refractivity (Wildman–Crippen MR) is 41.6 cm³/mol. The molecule has 0 fully saturated rings. The molecule has 6 heteroatoms. The first-order chi connectivity index (χ1) is 5.11. The number of benzene rings is 1. The fraction of sp³-hybridized carbons (Fsp3) is 0. The van der Waals surface area contributed by atoms with Gasteiger partial charge in [-0.3, -0.25) is 0 Å². The van der Waals surface area contributed by atoms with Crippen molar-refractivity contribution >= 4 is 22.7 Å². The molecule has 0 amide bonds. The normalized spacial score (nSPS) is 11.9. The predicted octanol–water partition coefficient (Wildman–Crippen LogP) is -0.824. The topological polar surface area (TPSA) is 37.3 Å². The third-order valence-electron chi connectivity index (χ3n) is 1.09. The van der Waals surface area contributed by atoms with Crippen LogP contribution < -0.4 is 29.6 Å². The zero-order chi connectivity index (χ0) is 8.43. The van der Waals surface area contributed by atoms with Gasteiger partial charge in [0.15, 0.2) is 11.1 Å². The summed E-state index contributed by atoms with van der Waals surface area (Å²) in [5, 5.41) is -0.148. The summed E-state index contributed by atoms with van der Waals surface area (Å²) in [4.78, 5) is 0.0939. The van der Waals surface area contributed by atoms with Crippen LogP contribution in [0.2, 0.25) is 5.02 Å². The molecular weight excluding hydrogens is 214 g/mol. The van der Waals surface area contributed by atoms with Gasteiger partial charge in [0, 0.05) is 0 Å². The van der Waals surface area contributed by atoms with Crippen LogP contribution in [0.15, 0.2) is 23.1 Å². The van der Waals surface area contributed by atoms with Crippen molar-refractivity contribution in [2.75, 3.05) is 0 Å². The van der Waals surface area contributed by atoms with Crippen LogP contribution in [0.3, 0.4) is 0 Å². The summed E-state index contributed by atoms with van der Waals surface area (Å²) in [6, 6.07) is 3.37. The second kappa shape index (κ2) is 5.32. The van der Waals surface area contributed by atoms with E-state index in [0.29, 0.717) is 0 Å². The second-order valence-corrected chi connectivity index (χ2v) is 3.20. The van der Waals surface area contributed by atoms with Gasteiger partial charge < -0.3 is 5.98 Å². The van der Waals surface area contributed by atoms with Crippen molar-refractivity contribution in [3.63, 3.8) is 0 Å². The summed E-state index contributed by atoms with van der Waals surface area (Å²) in [7, 11) is 0. The Morgan fingerprint density at radius 2 is 2.17 bits per heavy atom. The van der Waals surface area contributed by atoms with Crippen molar-refractivity contribution in [3.05, 3.63) is 29.0 Å². The maximum absolute atomic E-state index is 12.4. The molecule has 0 aliphatic carbocycles. The molecular formula is C6H5ClFNaO2S. The van der Waals surface area contributed by atoms with Crippen LogP contribution in [0.5, 0.6) is 0 Å². The van der Waals surface area contributed by atoms with Crippen LogP contribution in [0, 0.1) is 5.82 Å². The average molecular weight is 219 g/mol. The Labute approximate surface area is 100 Å². The van der Waals surface area contributed by atoms with E-state index >= 15 is 0 Å². The van der Waals surface area contributed by atoms with Crippen LogP contribution in [0.1, 0.15) is 1.43 Å². The van der Waals surface area contributed by atoms with Crippen molar-refractivity contribution in [1.29, 1.82) is 0 Å². The molecule has 0 spiro atoms. The maximum atomic E-state index is 12.4. The molecule has 1 aromatic rings. The Bertz CT molecular complexity index is 313. The van der Waals surface area contributed by atoms with Crippen LogP contribution in [-0.4, -0.2) is 8.76 Å². The van der Waals surface area contributed by atoms with Gasteiger partial charge in [0.2, 0.25) is 0 Å². The molecule has 0 aromatic heterocycles. The minimum Gasteiger partial charge on any atom is -1.00 e. The van der Waals surface area contributed by atoms with Gasteiger partial charge in [-0.15, -0.1) is 0 Å². The molecule has 2 nitrogen and oxygen atoms in total. The summed E-state index contributed by atoms with van der Waals surface area (Å²) in [5.74, 6) is -0.596. The van der Waals surface area contributed by atoms with Gasteiger partial charge in [0.25, 0.3) is 0 Å². The van der Waals surface area contributed by atoms with Crippen LogP contribution in [0.25, 0.3) is 0 Å². The summed E-state index contributed by atoms with van der Waals surface area (Å²) in [6.07, 6.45) is 0.